The van der Waals surface area contributed by atoms with Crippen LogP contribution in [0.3, 0.4) is 0 Å². The Balaban J connectivity index is 0.00000225. The zero-order valence-electron chi connectivity index (χ0n) is 17.4. The summed E-state index contributed by atoms with van der Waals surface area (Å²) in [4.78, 5) is 17.4. The van der Waals surface area contributed by atoms with Gasteiger partial charge in [0.05, 0.1) is 5.41 Å². The van der Waals surface area contributed by atoms with Crippen LogP contribution in [0.25, 0.3) is 0 Å². The van der Waals surface area contributed by atoms with Crippen molar-refractivity contribution in [1.82, 2.24) is 4.90 Å². The molecule has 1 atom stereocenters. The van der Waals surface area contributed by atoms with Gasteiger partial charge in [-0.2, -0.15) is 0 Å². The van der Waals surface area contributed by atoms with Gasteiger partial charge >= 0.3 is 5.97 Å². The molecule has 1 spiro atoms. The van der Waals surface area contributed by atoms with Gasteiger partial charge in [0.1, 0.15) is 6.10 Å². The molecule has 2 aliphatic heterocycles. The number of anilines is 1. The van der Waals surface area contributed by atoms with Crippen molar-refractivity contribution in [3.05, 3.63) is 29.8 Å². The standard InChI is InChI=1S/C23H34N2O2.ClH/c1-18(2)20-7-3-4-8-21(20)25-15-13-24(14-16-25)12-9-19-17-23(22(26)27-19)10-5-6-11-23;/h3-4,7-8,18-19H,5-6,9-17H2,1-2H3;1H. The van der Waals surface area contributed by atoms with Crippen LogP contribution in [0.15, 0.2) is 24.3 Å². The highest BCUT2D eigenvalue weighted by molar-refractivity contribution is 5.85. The topological polar surface area (TPSA) is 32.8 Å². The van der Waals surface area contributed by atoms with Crippen molar-refractivity contribution in [3.8, 4) is 0 Å². The Labute approximate surface area is 176 Å². The molecule has 1 saturated carbocycles. The first-order valence-electron chi connectivity index (χ1n) is 10.8. The molecule has 2 heterocycles. The number of hydrogen-bond acceptors (Lipinski definition) is 4. The third kappa shape index (κ3) is 4.33. The second-order valence-electron chi connectivity index (χ2n) is 9.05. The molecule has 1 aromatic carbocycles. The van der Waals surface area contributed by atoms with E-state index in [4.69, 9.17) is 4.74 Å². The van der Waals surface area contributed by atoms with E-state index in [0.717, 1.165) is 58.4 Å². The lowest BCUT2D eigenvalue weighted by atomic mass is 9.83. The lowest BCUT2D eigenvalue weighted by molar-refractivity contribution is -0.148. The maximum Gasteiger partial charge on any atom is 0.312 e. The van der Waals surface area contributed by atoms with E-state index in [1.54, 1.807) is 0 Å². The van der Waals surface area contributed by atoms with Gasteiger partial charge in [-0.25, -0.2) is 0 Å². The first kappa shape index (κ1) is 21.4. The van der Waals surface area contributed by atoms with E-state index in [1.165, 1.54) is 24.1 Å². The number of halogens is 1. The first-order valence-corrected chi connectivity index (χ1v) is 10.8. The largest absolute Gasteiger partial charge is 0.462 e. The van der Waals surface area contributed by atoms with Crippen molar-refractivity contribution in [1.29, 1.82) is 0 Å². The summed E-state index contributed by atoms with van der Waals surface area (Å²) in [6, 6.07) is 8.83. The average molecular weight is 407 g/mol. The van der Waals surface area contributed by atoms with E-state index in [1.807, 2.05) is 0 Å². The molecular formula is C23H35ClN2O2. The number of carbonyl (C=O) groups is 1. The van der Waals surface area contributed by atoms with E-state index in [2.05, 4.69) is 47.9 Å². The van der Waals surface area contributed by atoms with Crippen LogP contribution in [0.5, 0.6) is 0 Å². The summed E-state index contributed by atoms with van der Waals surface area (Å²) in [6.07, 6.45) is 6.61. The fourth-order valence-electron chi connectivity index (χ4n) is 5.26. The predicted molar refractivity (Wildman–Crippen MR) is 116 cm³/mol. The van der Waals surface area contributed by atoms with Gasteiger partial charge in [0, 0.05) is 44.8 Å². The maximum absolute atomic E-state index is 12.3. The smallest absolute Gasteiger partial charge is 0.312 e. The summed E-state index contributed by atoms with van der Waals surface area (Å²) in [5.41, 5.74) is 2.75. The van der Waals surface area contributed by atoms with Crippen LogP contribution < -0.4 is 4.90 Å². The minimum absolute atomic E-state index is 0. The van der Waals surface area contributed by atoms with E-state index in [9.17, 15) is 4.79 Å². The number of nitrogens with zero attached hydrogens (tertiary/aromatic N) is 2. The van der Waals surface area contributed by atoms with E-state index in [0.29, 0.717) is 5.92 Å². The van der Waals surface area contributed by atoms with Gasteiger partial charge in [0.2, 0.25) is 0 Å². The molecule has 3 aliphatic rings. The maximum atomic E-state index is 12.3. The molecule has 0 aromatic heterocycles. The van der Waals surface area contributed by atoms with E-state index in [-0.39, 0.29) is 29.9 Å². The number of ether oxygens (including phenoxy) is 1. The van der Waals surface area contributed by atoms with Crippen molar-refractivity contribution in [2.45, 2.75) is 64.4 Å². The average Bonchev–Trinajstić information content (AvgIpc) is 3.28. The summed E-state index contributed by atoms with van der Waals surface area (Å²) < 4.78 is 5.75. The summed E-state index contributed by atoms with van der Waals surface area (Å²) in [5.74, 6) is 0.652. The molecule has 4 nitrogen and oxygen atoms in total. The van der Waals surface area contributed by atoms with Gasteiger partial charge in [-0.1, -0.05) is 44.9 Å². The molecule has 1 aromatic rings. The Morgan fingerprint density at radius 3 is 2.46 bits per heavy atom. The van der Waals surface area contributed by atoms with Gasteiger partial charge in [-0.15, -0.1) is 12.4 Å². The monoisotopic (exact) mass is 406 g/mol. The molecule has 0 bridgehead atoms. The lowest BCUT2D eigenvalue weighted by Crippen LogP contribution is -2.47. The third-order valence-corrected chi connectivity index (χ3v) is 6.92. The van der Waals surface area contributed by atoms with Gasteiger partial charge in [0.25, 0.3) is 0 Å². The van der Waals surface area contributed by atoms with Gasteiger partial charge in [0.15, 0.2) is 0 Å². The predicted octanol–water partition coefficient (Wildman–Crippen LogP) is 4.62. The van der Waals surface area contributed by atoms with Gasteiger partial charge in [-0.3, -0.25) is 9.69 Å². The van der Waals surface area contributed by atoms with Crippen LogP contribution >= 0.6 is 12.4 Å². The van der Waals surface area contributed by atoms with Crippen molar-refractivity contribution in [3.63, 3.8) is 0 Å². The molecule has 1 aliphatic carbocycles. The van der Waals surface area contributed by atoms with Crippen molar-refractivity contribution >= 4 is 24.1 Å². The SMILES string of the molecule is CC(C)c1ccccc1N1CCN(CCC2CC3(CCCC3)C(=O)O2)CC1.Cl. The lowest BCUT2D eigenvalue weighted by Gasteiger charge is -2.37. The first-order chi connectivity index (χ1) is 13.1. The number of carbonyl (C=O) groups excluding carboxylic acids is 1. The van der Waals surface area contributed by atoms with Crippen molar-refractivity contribution in [2.24, 2.45) is 5.41 Å². The molecule has 2 saturated heterocycles. The van der Waals surface area contributed by atoms with Crippen molar-refractivity contribution in [2.75, 3.05) is 37.6 Å². The molecule has 1 unspecified atom stereocenters. The molecule has 0 amide bonds. The number of para-hydroxylation sites is 1. The molecule has 0 N–H and O–H groups in total. The molecule has 4 rings (SSSR count). The number of hydrogen-bond donors (Lipinski definition) is 0. The van der Waals surface area contributed by atoms with Crippen LogP contribution in [0.2, 0.25) is 0 Å². The third-order valence-electron chi connectivity index (χ3n) is 6.92. The normalized spacial score (nSPS) is 24.6. The van der Waals surface area contributed by atoms with Crippen LogP contribution in [0, 0.1) is 5.41 Å². The number of piperazine rings is 1. The quantitative estimate of drug-likeness (QED) is 0.668. The Hall–Kier alpha value is -1.26. The molecule has 0 radical (unpaired) electrons. The van der Waals surface area contributed by atoms with Crippen LogP contribution in [-0.4, -0.2) is 49.7 Å². The zero-order valence-corrected chi connectivity index (χ0v) is 18.2. The molecule has 5 heteroatoms. The number of rotatable bonds is 5. The van der Waals surface area contributed by atoms with Gasteiger partial charge < -0.3 is 9.64 Å². The van der Waals surface area contributed by atoms with Crippen molar-refractivity contribution < 1.29 is 9.53 Å². The molecule has 156 valence electrons. The van der Waals surface area contributed by atoms with Gasteiger partial charge in [-0.05, 0) is 36.8 Å². The van der Waals surface area contributed by atoms with Crippen LogP contribution in [0.4, 0.5) is 5.69 Å². The highest BCUT2D eigenvalue weighted by Gasteiger charge is 2.50. The summed E-state index contributed by atoms with van der Waals surface area (Å²) in [5, 5.41) is 0. The molecule has 28 heavy (non-hydrogen) atoms. The second kappa shape index (κ2) is 9.04. The Morgan fingerprint density at radius 1 is 1.11 bits per heavy atom. The Kier molecular flexibility index (Phi) is 6.93. The van der Waals surface area contributed by atoms with E-state index >= 15 is 0 Å². The molecule has 3 fully saturated rings. The van der Waals surface area contributed by atoms with E-state index < -0.39 is 0 Å². The van der Waals surface area contributed by atoms with Crippen LogP contribution in [-0.2, 0) is 9.53 Å². The highest BCUT2D eigenvalue weighted by atomic mass is 35.5. The number of esters is 1. The fraction of sp³-hybridized carbons (Fsp3) is 0.696. The molecular weight excluding hydrogens is 372 g/mol. The second-order valence-corrected chi connectivity index (χ2v) is 9.05. The zero-order chi connectivity index (χ0) is 18.9. The summed E-state index contributed by atoms with van der Waals surface area (Å²) >= 11 is 0. The number of benzene rings is 1. The highest BCUT2D eigenvalue weighted by Crippen LogP contribution is 2.48. The number of cyclic esters (lactones) is 1. The van der Waals surface area contributed by atoms with Crippen LogP contribution in [0.1, 0.15) is 63.9 Å². The summed E-state index contributed by atoms with van der Waals surface area (Å²) in [6.45, 7) is 9.95. The summed E-state index contributed by atoms with van der Waals surface area (Å²) in [7, 11) is 0. The minimum Gasteiger partial charge on any atom is -0.462 e. The minimum atomic E-state index is -0.107. The fourth-order valence-corrected chi connectivity index (χ4v) is 5.26. The Morgan fingerprint density at radius 2 is 1.79 bits per heavy atom. The Bertz CT molecular complexity index is 664.